The van der Waals surface area contributed by atoms with E-state index in [0.29, 0.717) is 16.6 Å². The summed E-state index contributed by atoms with van der Waals surface area (Å²) in [7, 11) is 2.01. The smallest absolute Gasteiger partial charge is 0.269 e. The van der Waals surface area contributed by atoms with Gasteiger partial charge in [-0.25, -0.2) is 4.99 Å². The molecule has 5 rings (SSSR count). The quantitative estimate of drug-likeness (QED) is 0.531. The maximum atomic E-state index is 13.5. The minimum Gasteiger partial charge on any atom is -0.337 e. The molecule has 1 fully saturated rings. The molecule has 7 heteroatoms. The van der Waals surface area contributed by atoms with E-state index in [1.165, 1.54) is 11.8 Å². The molecule has 3 heterocycles. The highest BCUT2D eigenvalue weighted by molar-refractivity contribution is 8.19. The van der Waals surface area contributed by atoms with Crippen LogP contribution in [0.25, 0.3) is 0 Å². The predicted molar refractivity (Wildman–Crippen MR) is 124 cm³/mol. The second-order valence-electron chi connectivity index (χ2n) is 6.85. The number of benzene rings is 2. The zero-order valence-electron chi connectivity index (χ0n) is 16.2. The van der Waals surface area contributed by atoms with E-state index < -0.39 is 0 Å². The summed E-state index contributed by atoms with van der Waals surface area (Å²) in [6, 6.07) is 21.9. The van der Waals surface area contributed by atoms with Gasteiger partial charge in [0, 0.05) is 18.1 Å². The van der Waals surface area contributed by atoms with Gasteiger partial charge in [-0.3, -0.25) is 14.7 Å². The first-order chi connectivity index (χ1) is 14.7. The Hall–Kier alpha value is -3.03. The molecule has 2 aliphatic heterocycles. The van der Waals surface area contributed by atoms with Crippen molar-refractivity contribution in [2.75, 3.05) is 11.9 Å². The number of carbonyl (C=O) groups is 1. The molecule has 0 aliphatic carbocycles. The van der Waals surface area contributed by atoms with Crippen molar-refractivity contribution >= 4 is 46.0 Å². The van der Waals surface area contributed by atoms with Gasteiger partial charge in [-0.1, -0.05) is 54.2 Å². The number of aliphatic imine (C=N–C) groups is 1. The fourth-order valence-corrected chi connectivity index (χ4v) is 5.70. The van der Waals surface area contributed by atoms with E-state index in [-0.39, 0.29) is 5.91 Å². The number of hydrogen-bond donors (Lipinski definition) is 0. The lowest BCUT2D eigenvalue weighted by Gasteiger charge is -2.16. The zero-order valence-corrected chi connectivity index (χ0v) is 17.9. The van der Waals surface area contributed by atoms with E-state index in [0.717, 1.165) is 26.9 Å². The first-order valence-corrected chi connectivity index (χ1v) is 11.1. The summed E-state index contributed by atoms with van der Waals surface area (Å²) >= 11 is 3.06. The Balaban J connectivity index is 1.55. The number of hydrogen-bond acceptors (Lipinski definition) is 6. The number of para-hydroxylation sites is 1. The Labute approximate surface area is 183 Å². The number of carbonyl (C=O) groups excluding carboxylic acids is 1. The lowest BCUT2D eigenvalue weighted by atomic mass is 10.2. The van der Waals surface area contributed by atoms with Crippen molar-refractivity contribution in [3.63, 3.8) is 0 Å². The molecule has 148 valence electrons. The van der Waals surface area contributed by atoms with Crippen LogP contribution in [0.4, 0.5) is 11.4 Å². The Kier molecular flexibility index (Phi) is 5.06. The number of pyridine rings is 1. The van der Waals surface area contributed by atoms with Crippen molar-refractivity contribution < 1.29 is 4.79 Å². The maximum absolute atomic E-state index is 13.5. The molecule has 5 nitrogen and oxygen atoms in total. The van der Waals surface area contributed by atoms with Crippen molar-refractivity contribution in [2.24, 2.45) is 4.99 Å². The molecule has 1 amide bonds. The Morgan fingerprint density at radius 1 is 0.967 bits per heavy atom. The van der Waals surface area contributed by atoms with Crippen LogP contribution in [-0.2, 0) is 11.3 Å². The monoisotopic (exact) mass is 430 g/mol. The van der Waals surface area contributed by atoms with Crippen LogP contribution in [0.3, 0.4) is 0 Å². The molecule has 2 aliphatic rings. The molecule has 1 aromatic heterocycles. The molecule has 30 heavy (non-hydrogen) atoms. The second-order valence-corrected chi connectivity index (χ2v) is 8.86. The number of rotatable bonds is 3. The second kappa shape index (κ2) is 8.01. The average molecular weight is 431 g/mol. The molecule has 0 bridgehead atoms. The SMILES string of the molecule is CN1/C(=C2/SC(=Nc3cccnc3)N(Cc3ccccc3)C2=O)Sc2ccccc21. The lowest BCUT2D eigenvalue weighted by Crippen LogP contribution is -2.29. The normalized spacial score (nSPS) is 19.6. The zero-order chi connectivity index (χ0) is 20.5. The summed E-state index contributed by atoms with van der Waals surface area (Å²) in [6.07, 6.45) is 3.42. The van der Waals surface area contributed by atoms with Crippen LogP contribution in [0.15, 0.2) is 98.9 Å². The van der Waals surface area contributed by atoms with Crippen LogP contribution < -0.4 is 4.90 Å². The number of thioether (sulfide) groups is 2. The van der Waals surface area contributed by atoms with Crippen molar-refractivity contribution in [3.05, 3.63) is 94.6 Å². The molecule has 2 aromatic carbocycles. The van der Waals surface area contributed by atoms with Crippen molar-refractivity contribution in [2.45, 2.75) is 11.4 Å². The maximum Gasteiger partial charge on any atom is 0.269 e. The fraction of sp³-hybridized carbons (Fsp3) is 0.0870. The third-order valence-electron chi connectivity index (χ3n) is 4.85. The van der Waals surface area contributed by atoms with Crippen LogP contribution in [-0.4, -0.2) is 28.0 Å². The molecule has 0 atom stereocenters. The van der Waals surface area contributed by atoms with Crippen LogP contribution in [0, 0.1) is 0 Å². The summed E-state index contributed by atoms with van der Waals surface area (Å²) in [6.45, 7) is 0.476. The van der Waals surface area contributed by atoms with Gasteiger partial charge in [0.1, 0.15) is 4.91 Å². The van der Waals surface area contributed by atoms with Gasteiger partial charge in [0.05, 0.1) is 29.1 Å². The summed E-state index contributed by atoms with van der Waals surface area (Å²) in [4.78, 5) is 28.1. The molecule has 0 N–H and O–H groups in total. The molecule has 0 spiro atoms. The summed E-state index contributed by atoms with van der Waals surface area (Å²) < 4.78 is 0. The highest BCUT2D eigenvalue weighted by Crippen LogP contribution is 2.50. The summed E-state index contributed by atoms with van der Waals surface area (Å²) in [5, 5.41) is 1.62. The standard InChI is InChI=1S/C23H18N4OS2/c1-26-18-11-5-6-12-19(18)29-22(26)20-21(28)27(15-16-8-3-2-4-9-16)23(30-20)25-17-10-7-13-24-14-17/h2-14H,15H2,1H3/b22-20-,25-23?. The van der Waals surface area contributed by atoms with Crippen LogP contribution >= 0.6 is 23.5 Å². The molecule has 0 radical (unpaired) electrons. The van der Waals surface area contributed by atoms with Gasteiger partial charge in [-0.15, -0.1) is 0 Å². The Morgan fingerprint density at radius 2 is 1.77 bits per heavy atom. The van der Waals surface area contributed by atoms with E-state index in [1.807, 2.05) is 61.6 Å². The highest BCUT2D eigenvalue weighted by atomic mass is 32.2. The van der Waals surface area contributed by atoms with E-state index in [9.17, 15) is 4.79 Å². The van der Waals surface area contributed by atoms with Crippen molar-refractivity contribution in [1.29, 1.82) is 0 Å². The van der Waals surface area contributed by atoms with Crippen LogP contribution in [0.2, 0.25) is 0 Å². The number of amidine groups is 1. The fourth-order valence-electron chi connectivity index (χ4n) is 3.35. The van der Waals surface area contributed by atoms with Crippen molar-refractivity contribution in [3.8, 4) is 0 Å². The number of amides is 1. The summed E-state index contributed by atoms with van der Waals surface area (Å²) in [5.74, 6) is -0.0198. The van der Waals surface area contributed by atoms with E-state index in [2.05, 4.69) is 22.0 Å². The topological polar surface area (TPSA) is 48.8 Å². The van der Waals surface area contributed by atoms with E-state index >= 15 is 0 Å². The number of nitrogens with zero attached hydrogens (tertiary/aromatic N) is 4. The molecule has 1 saturated heterocycles. The molecule has 0 unspecified atom stereocenters. The third kappa shape index (κ3) is 3.51. The van der Waals surface area contributed by atoms with Gasteiger partial charge in [0.25, 0.3) is 5.91 Å². The Morgan fingerprint density at radius 3 is 2.53 bits per heavy atom. The van der Waals surface area contributed by atoms with Gasteiger partial charge in [0.2, 0.25) is 0 Å². The van der Waals surface area contributed by atoms with Gasteiger partial charge in [-0.05, 0) is 41.6 Å². The molecular weight excluding hydrogens is 412 g/mol. The van der Waals surface area contributed by atoms with Crippen LogP contribution in [0.5, 0.6) is 0 Å². The summed E-state index contributed by atoms with van der Waals surface area (Å²) in [5.41, 5.74) is 2.91. The first kappa shape index (κ1) is 19.0. The average Bonchev–Trinajstić information content (AvgIpc) is 3.27. The van der Waals surface area contributed by atoms with Crippen LogP contribution in [0.1, 0.15) is 5.56 Å². The largest absolute Gasteiger partial charge is 0.337 e. The highest BCUT2D eigenvalue weighted by Gasteiger charge is 2.39. The van der Waals surface area contributed by atoms with Gasteiger partial charge >= 0.3 is 0 Å². The molecule has 3 aromatic rings. The minimum absolute atomic E-state index is 0.0198. The predicted octanol–water partition coefficient (Wildman–Crippen LogP) is 5.26. The van der Waals surface area contributed by atoms with E-state index in [1.54, 1.807) is 29.1 Å². The third-order valence-corrected chi connectivity index (χ3v) is 7.28. The number of aromatic nitrogens is 1. The van der Waals surface area contributed by atoms with Crippen molar-refractivity contribution in [1.82, 2.24) is 9.88 Å². The van der Waals surface area contributed by atoms with Gasteiger partial charge in [-0.2, -0.15) is 0 Å². The number of anilines is 1. The Bertz CT molecular complexity index is 1160. The molecule has 0 saturated carbocycles. The van der Waals surface area contributed by atoms with Gasteiger partial charge < -0.3 is 4.90 Å². The number of fused-ring (bicyclic) bond motifs is 1. The minimum atomic E-state index is -0.0198. The van der Waals surface area contributed by atoms with Gasteiger partial charge in [0.15, 0.2) is 5.17 Å². The molecular formula is C23H18N4OS2. The first-order valence-electron chi connectivity index (χ1n) is 9.48. The lowest BCUT2D eigenvalue weighted by molar-refractivity contribution is -0.122. The van der Waals surface area contributed by atoms with E-state index in [4.69, 9.17) is 4.99 Å².